The van der Waals surface area contributed by atoms with E-state index in [1.807, 2.05) is 6.07 Å². The van der Waals surface area contributed by atoms with Gasteiger partial charge >= 0.3 is 6.03 Å². The van der Waals surface area contributed by atoms with Gasteiger partial charge in [-0.3, -0.25) is 15.0 Å². The number of carbonyl (C=O) groups is 2. The topological polar surface area (TPSA) is 58.6 Å². The molecule has 1 aliphatic rings. The highest BCUT2D eigenvalue weighted by molar-refractivity contribution is 9.10. The van der Waals surface area contributed by atoms with Crippen LogP contribution in [0, 0.1) is 5.92 Å². The molecule has 1 aliphatic heterocycles. The minimum Gasteiger partial charge on any atom is -0.497 e. The van der Waals surface area contributed by atoms with Crippen LogP contribution in [0.3, 0.4) is 0 Å². The molecule has 1 atom stereocenters. The summed E-state index contributed by atoms with van der Waals surface area (Å²) in [6.07, 6.45) is 0. The Hall–Kier alpha value is -1.56. The van der Waals surface area contributed by atoms with Crippen LogP contribution in [0.5, 0.6) is 5.75 Å². The van der Waals surface area contributed by atoms with E-state index in [0.29, 0.717) is 18.0 Å². The molecule has 1 fully saturated rings. The molecule has 1 N–H and O–H groups in total. The van der Waals surface area contributed by atoms with Crippen molar-refractivity contribution in [2.45, 2.75) is 6.92 Å². The van der Waals surface area contributed by atoms with Gasteiger partial charge in [0.25, 0.3) is 0 Å². The predicted molar refractivity (Wildman–Crippen MR) is 70.7 cm³/mol. The Balaban J connectivity index is 2.35. The fourth-order valence-electron chi connectivity index (χ4n) is 1.77. The van der Waals surface area contributed by atoms with Crippen molar-refractivity contribution in [3.63, 3.8) is 0 Å². The van der Waals surface area contributed by atoms with Gasteiger partial charge in [0.05, 0.1) is 18.7 Å². The van der Waals surface area contributed by atoms with E-state index in [4.69, 9.17) is 4.74 Å². The molecule has 0 radical (unpaired) electrons. The molecule has 0 aliphatic carbocycles. The van der Waals surface area contributed by atoms with Crippen LogP contribution in [-0.2, 0) is 4.79 Å². The van der Waals surface area contributed by atoms with Crippen LogP contribution < -0.4 is 15.0 Å². The van der Waals surface area contributed by atoms with Gasteiger partial charge < -0.3 is 4.74 Å². The zero-order chi connectivity index (χ0) is 13.3. The molecule has 6 heteroatoms. The maximum atomic E-state index is 11.8. The number of urea groups is 1. The molecule has 96 valence electrons. The smallest absolute Gasteiger partial charge is 0.328 e. The van der Waals surface area contributed by atoms with Crippen LogP contribution >= 0.6 is 15.9 Å². The summed E-state index contributed by atoms with van der Waals surface area (Å²) in [5.41, 5.74) is 0.686. The molecule has 1 saturated heterocycles. The summed E-state index contributed by atoms with van der Waals surface area (Å²) in [6.45, 7) is 2.14. The second-order valence-corrected chi connectivity index (χ2v) is 4.98. The number of amides is 3. The highest BCUT2D eigenvalue weighted by Crippen LogP contribution is 2.31. The summed E-state index contributed by atoms with van der Waals surface area (Å²) in [6, 6.07) is 4.95. The molecular weight excluding hydrogens is 300 g/mol. The van der Waals surface area contributed by atoms with Crippen LogP contribution in [0.15, 0.2) is 22.7 Å². The zero-order valence-corrected chi connectivity index (χ0v) is 11.7. The van der Waals surface area contributed by atoms with Gasteiger partial charge in [0.1, 0.15) is 5.75 Å². The van der Waals surface area contributed by atoms with Crippen LogP contribution in [0.25, 0.3) is 0 Å². The molecular formula is C12H13BrN2O3. The molecule has 0 aromatic heterocycles. The number of anilines is 1. The first-order valence-electron chi connectivity index (χ1n) is 5.49. The molecule has 1 heterocycles. The highest BCUT2D eigenvalue weighted by Gasteiger charge is 2.31. The summed E-state index contributed by atoms with van der Waals surface area (Å²) in [5.74, 6) is 0.182. The number of nitrogens with one attached hydrogen (secondary N) is 1. The Morgan fingerprint density at radius 1 is 1.44 bits per heavy atom. The quantitative estimate of drug-likeness (QED) is 0.910. The maximum absolute atomic E-state index is 11.8. The summed E-state index contributed by atoms with van der Waals surface area (Å²) < 4.78 is 5.92. The first kappa shape index (κ1) is 12.9. The van der Waals surface area contributed by atoms with Crippen LogP contribution in [0.2, 0.25) is 0 Å². The normalized spacial score (nSPS) is 19.7. The van der Waals surface area contributed by atoms with Crippen molar-refractivity contribution < 1.29 is 14.3 Å². The standard InChI is InChI=1S/C12H13BrN2O3/c1-7-6-15(12(17)14-11(7)16)10-5-8(18-2)3-4-9(10)13/h3-5,7H,6H2,1-2H3,(H,14,16,17). The van der Waals surface area contributed by atoms with Crippen molar-refractivity contribution >= 4 is 33.6 Å². The number of nitrogens with zero attached hydrogens (tertiary/aromatic N) is 1. The van der Waals surface area contributed by atoms with Crippen molar-refractivity contribution in [2.24, 2.45) is 5.92 Å². The lowest BCUT2D eigenvalue weighted by molar-refractivity contribution is -0.123. The van der Waals surface area contributed by atoms with E-state index < -0.39 is 6.03 Å². The first-order valence-corrected chi connectivity index (χ1v) is 6.28. The van der Waals surface area contributed by atoms with E-state index >= 15 is 0 Å². The largest absolute Gasteiger partial charge is 0.497 e. The molecule has 1 aromatic rings. The van der Waals surface area contributed by atoms with E-state index in [0.717, 1.165) is 4.47 Å². The third-order valence-electron chi connectivity index (χ3n) is 2.82. The second kappa shape index (κ2) is 4.97. The molecule has 5 nitrogen and oxygen atoms in total. The molecule has 0 bridgehead atoms. The SMILES string of the molecule is COc1ccc(Br)c(N2CC(C)C(=O)NC2=O)c1. The number of imide groups is 1. The Labute approximate surface area is 113 Å². The van der Waals surface area contributed by atoms with Gasteiger partial charge in [-0.25, -0.2) is 4.79 Å². The molecule has 0 spiro atoms. The van der Waals surface area contributed by atoms with Gasteiger partial charge in [-0.05, 0) is 28.1 Å². The third kappa shape index (κ3) is 2.33. The van der Waals surface area contributed by atoms with Crippen LogP contribution in [0.4, 0.5) is 10.5 Å². The fraction of sp³-hybridized carbons (Fsp3) is 0.333. The van der Waals surface area contributed by atoms with Crippen molar-refractivity contribution in [1.29, 1.82) is 0 Å². The monoisotopic (exact) mass is 312 g/mol. The van der Waals surface area contributed by atoms with E-state index in [-0.39, 0.29) is 11.8 Å². The average molecular weight is 313 g/mol. The number of ether oxygens (including phenoxy) is 1. The van der Waals surface area contributed by atoms with Gasteiger partial charge in [0.2, 0.25) is 5.91 Å². The first-order chi connectivity index (χ1) is 8.52. The van der Waals surface area contributed by atoms with Crippen LogP contribution in [-0.4, -0.2) is 25.6 Å². The van der Waals surface area contributed by atoms with E-state index in [9.17, 15) is 9.59 Å². The summed E-state index contributed by atoms with van der Waals surface area (Å²) in [5, 5.41) is 2.33. The Bertz CT molecular complexity index is 504. The molecule has 1 aromatic carbocycles. The average Bonchev–Trinajstić information content (AvgIpc) is 2.35. The van der Waals surface area contributed by atoms with E-state index in [1.54, 1.807) is 26.2 Å². The maximum Gasteiger partial charge on any atom is 0.328 e. The van der Waals surface area contributed by atoms with E-state index in [1.165, 1.54) is 4.90 Å². The highest BCUT2D eigenvalue weighted by atomic mass is 79.9. The van der Waals surface area contributed by atoms with Crippen molar-refractivity contribution in [1.82, 2.24) is 5.32 Å². The lowest BCUT2D eigenvalue weighted by atomic mass is 10.1. The van der Waals surface area contributed by atoms with Gasteiger partial charge in [-0.1, -0.05) is 6.92 Å². The summed E-state index contributed by atoms with van der Waals surface area (Å²) in [4.78, 5) is 24.8. The van der Waals surface area contributed by atoms with Crippen molar-refractivity contribution in [2.75, 3.05) is 18.6 Å². The summed E-state index contributed by atoms with van der Waals surface area (Å²) in [7, 11) is 1.56. The number of rotatable bonds is 2. The van der Waals surface area contributed by atoms with Gasteiger partial charge in [0, 0.05) is 17.1 Å². The molecule has 0 saturated carbocycles. The summed E-state index contributed by atoms with van der Waals surface area (Å²) >= 11 is 3.40. The number of methoxy groups -OCH3 is 1. The second-order valence-electron chi connectivity index (χ2n) is 4.12. The van der Waals surface area contributed by atoms with Gasteiger partial charge in [-0.15, -0.1) is 0 Å². The molecule has 1 unspecified atom stereocenters. The Kier molecular flexibility index (Phi) is 3.56. The van der Waals surface area contributed by atoms with Crippen molar-refractivity contribution in [3.05, 3.63) is 22.7 Å². The Morgan fingerprint density at radius 3 is 2.83 bits per heavy atom. The van der Waals surface area contributed by atoms with Crippen molar-refractivity contribution in [3.8, 4) is 5.75 Å². The third-order valence-corrected chi connectivity index (χ3v) is 3.49. The Morgan fingerprint density at radius 2 is 2.17 bits per heavy atom. The zero-order valence-electron chi connectivity index (χ0n) is 10.1. The minimum absolute atomic E-state index is 0.235. The molecule has 2 rings (SSSR count). The predicted octanol–water partition coefficient (Wildman–Crippen LogP) is 2.15. The minimum atomic E-state index is -0.410. The van der Waals surface area contributed by atoms with Gasteiger partial charge in [-0.2, -0.15) is 0 Å². The van der Waals surface area contributed by atoms with Crippen LogP contribution in [0.1, 0.15) is 6.92 Å². The fourth-order valence-corrected chi connectivity index (χ4v) is 2.23. The molecule has 3 amide bonds. The van der Waals surface area contributed by atoms with Gasteiger partial charge in [0.15, 0.2) is 0 Å². The lowest BCUT2D eigenvalue weighted by Gasteiger charge is -2.31. The lowest BCUT2D eigenvalue weighted by Crippen LogP contribution is -2.54. The number of carbonyl (C=O) groups excluding carboxylic acids is 2. The molecule has 18 heavy (non-hydrogen) atoms. The number of hydrogen-bond donors (Lipinski definition) is 1. The number of halogens is 1. The number of hydrogen-bond acceptors (Lipinski definition) is 3. The number of benzene rings is 1. The van der Waals surface area contributed by atoms with E-state index in [2.05, 4.69) is 21.2 Å².